The van der Waals surface area contributed by atoms with Crippen LogP contribution in [0.3, 0.4) is 0 Å². The number of anilines is 1. The van der Waals surface area contributed by atoms with Crippen molar-refractivity contribution in [2.24, 2.45) is 5.92 Å². The van der Waals surface area contributed by atoms with Gasteiger partial charge in [-0.05, 0) is 42.0 Å². The van der Waals surface area contributed by atoms with E-state index in [0.717, 1.165) is 31.2 Å². The number of pyridine rings is 1. The number of hydrogen-bond acceptors (Lipinski definition) is 4. The Morgan fingerprint density at radius 1 is 1.14 bits per heavy atom. The van der Waals surface area contributed by atoms with E-state index in [4.69, 9.17) is 6.57 Å². The maximum atomic E-state index is 14.0. The van der Waals surface area contributed by atoms with Crippen LogP contribution in [0, 0.1) is 12.5 Å². The van der Waals surface area contributed by atoms with E-state index >= 15 is 0 Å². The lowest BCUT2D eigenvalue weighted by Crippen LogP contribution is -2.56. The Bertz CT molecular complexity index is 1100. The highest BCUT2D eigenvalue weighted by Gasteiger charge is 2.53. The average molecular weight is 489 g/mol. The summed E-state index contributed by atoms with van der Waals surface area (Å²) in [5.41, 5.74) is 2.24. The van der Waals surface area contributed by atoms with Crippen LogP contribution < -0.4 is 10.2 Å². The van der Waals surface area contributed by atoms with E-state index in [1.807, 2.05) is 30.3 Å². The van der Waals surface area contributed by atoms with Crippen LogP contribution in [0.2, 0.25) is 0 Å². The minimum atomic E-state index is -0.933. The molecule has 2 aromatic rings. The Morgan fingerprint density at radius 3 is 2.39 bits per heavy atom. The predicted octanol–water partition coefficient (Wildman–Crippen LogP) is 4.57. The lowest BCUT2D eigenvalue weighted by Gasteiger charge is -2.39. The Kier molecular flexibility index (Phi) is 7.75. The van der Waals surface area contributed by atoms with Crippen LogP contribution >= 0.6 is 0 Å². The van der Waals surface area contributed by atoms with E-state index in [9.17, 15) is 14.7 Å². The van der Waals surface area contributed by atoms with Gasteiger partial charge in [0.1, 0.15) is 18.1 Å². The third kappa shape index (κ3) is 5.44. The quantitative estimate of drug-likeness (QED) is 0.583. The first-order valence-electron chi connectivity index (χ1n) is 12.9. The summed E-state index contributed by atoms with van der Waals surface area (Å²) in [6.07, 6.45) is 7.82. The monoisotopic (exact) mass is 488 g/mol. The molecule has 1 unspecified atom stereocenters. The number of hydrogen-bond donors (Lipinski definition) is 2. The smallest absolute Gasteiger partial charge is 0.260 e. The summed E-state index contributed by atoms with van der Waals surface area (Å²) in [5.74, 6) is -1.23. The number of rotatable bonds is 6. The van der Waals surface area contributed by atoms with Gasteiger partial charge in [-0.3, -0.25) is 19.5 Å². The molecule has 0 spiro atoms. The fourth-order valence-corrected chi connectivity index (χ4v) is 5.22. The summed E-state index contributed by atoms with van der Waals surface area (Å²) in [5, 5.41) is 13.3. The minimum Gasteiger partial charge on any atom is -0.385 e. The number of aliphatic hydroxyl groups is 1. The van der Waals surface area contributed by atoms with Gasteiger partial charge in [0.05, 0.1) is 0 Å². The Balaban J connectivity index is 1.76. The van der Waals surface area contributed by atoms with E-state index in [2.05, 4.69) is 35.9 Å². The van der Waals surface area contributed by atoms with E-state index in [-0.39, 0.29) is 29.7 Å². The SMILES string of the molecule is [C-]#[N+][C@@H]1[C@H](O)C[C@@H]1C(=O)N(c1ccc(C(C)(C)C)cc1)C(C(=O)NC1CCCCC1)c1cccnc1. The first-order valence-corrected chi connectivity index (χ1v) is 12.9. The van der Waals surface area contributed by atoms with Gasteiger partial charge in [-0.15, -0.1) is 0 Å². The molecule has 2 aliphatic carbocycles. The van der Waals surface area contributed by atoms with Gasteiger partial charge >= 0.3 is 0 Å². The number of aliphatic hydroxyl groups excluding tert-OH is 1. The zero-order valence-electron chi connectivity index (χ0n) is 21.4. The van der Waals surface area contributed by atoms with E-state index in [0.29, 0.717) is 11.3 Å². The molecule has 2 fully saturated rings. The van der Waals surface area contributed by atoms with Crippen LogP contribution in [-0.2, 0) is 15.0 Å². The molecule has 190 valence electrons. The summed E-state index contributed by atoms with van der Waals surface area (Å²) >= 11 is 0. The summed E-state index contributed by atoms with van der Waals surface area (Å²) in [4.78, 5) is 37.1. The third-order valence-corrected chi connectivity index (χ3v) is 7.48. The molecule has 7 nitrogen and oxygen atoms in total. The van der Waals surface area contributed by atoms with Crippen molar-refractivity contribution in [3.8, 4) is 0 Å². The molecule has 0 saturated heterocycles. The van der Waals surface area contributed by atoms with Crippen molar-refractivity contribution in [2.45, 2.75) is 88.9 Å². The van der Waals surface area contributed by atoms with Crippen molar-refractivity contribution in [3.63, 3.8) is 0 Å². The molecule has 4 rings (SSSR count). The number of carbonyl (C=O) groups is 2. The fraction of sp³-hybridized carbons (Fsp3) is 0.517. The first-order chi connectivity index (χ1) is 17.2. The van der Waals surface area contributed by atoms with Crippen LogP contribution in [0.5, 0.6) is 0 Å². The van der Waals surface area contributed by atoms with Gasteiger partial charge in [0.2, 0.25) is 11.8 Å². The molecule has 0 radical (unpaired) electrons. The van der Waals surface area contributed by atoms with Gasteiger partial charge in [0, 0.05) is 36.1 Å². The topological polar surface area (TPSA) is 86.9 Å². The summed E-state index contributed by atoms with van der Waals surface area (Å²) in [6.45, 7) is 13.9. The summed E-state index contributed by atoms with van der Waals surface area (Å²) in [7, 11) is 0. The predicted molar refractivity (Wildman–Crippen MR) is 139 cm³/mol. The molecule has 1 aromatic heterocycles. The summed E-state index contributed by atoms with van der Waals surface area (Å²) < 4.78 is 0. The highest BCUT2D eigenvalue weighted by atomic mass is 16.3. The maximum absolute atomic E-state index is 14.0. The molecule has 2 saturated carbocycles. The molecule has 1 heterocycles. The Morgan fingerprint density at radius 2 is 1.83 bits per heavy atom. The molecule has 7 heteroatoms. The molecular formula is C29H36N4O3. The van der Waals surface area contributed by atoms with E-state index in [1.165, 1.54) is 11.3 Å². The molecule has 2 N–H and O–H groups in total. The second kappa shape index (κ2) is 10.8. The van der Waals surface area contributed by atoms with Crippen molar-refractivity contribution in [3.05, 3.63) is 71.3 Å². The lowest BCUT2D eigenvalue weighted by atomic mass is 9.75. The molecule has 1 aromatic carbocycles. The van der Waals surface area contributed by atoms with Crippen LogP contribution in [0.1, 0.15) is 76.5 Å². The molecule has 2 aliphatic rings. The molecule has 0 aliphatic heterocycles. The second-order valence-electron chi connectivity index (χ2n) is 11.1. The highest BCUT2D eigenvalue weighted by molar-refractivity contribution is 6.03. The van der Waals surface area contributed by atoms with Gasteiger partial charge in [0.15, 0.2) is 0 Å². The standard InChI is InChI=1S/C29H36N4O3/c1-29(2,3)20-12-14-22(15-13-20)33(28(36)23-17-24(34)25(23)30-4)26(19-9-8-16-31-18-19)27(35)32-21-10-6-5-7-11-21/h8-9,12-16,18,21,23-26,34H,5-7,10-11,17H2,1-3H3,(H,32,35)/t23-,24+,25-,26?/m0/s1. The van der Waals surface area contributed by atoms with E-state index < -0.39 is 24.1 Å². The minimum absolute atomic E-state index is 0.0677. The van der Waals surface area contributed by atoms with Gasteiger partial charge in [-0.2, -0.15) is 0 Å². The number of nitrogens with one attached hydrogen (secondary N) is 1. The van der Waals surface area contributed by atoms with Crippen molar-refractivity contribution in [1.82, 2.24) is 10.3 Å². The molecular weight excluding hydrogens is 452 g/mol. The zero-order chi connectivity index (χ0) is 25.9. The third-order valence-electron chi connectivity index (χ3n) is 7.48. The van der Waals surface area contributed by atoms with Crippen molar-refractivity contribution < 1.29 is 14.7 Å². The molecule has 4 atom stereocenters. The molecule has 0 bridgehead atoms. The van der Waals surface area contributed by atoms with Crippen LogP contribution in [-0.4, -0.2) is 40.1 Å². The van der Waals surface area contributed by atoms with Crippen molar-refractivity contribution in [2.75, 3.05) is 4.90 Å². The highest BCUT2D eigenvalue weighted by Crippen LogP contribution is 2.38. The van der Waals surface area contributed by atoms with Crippen molar-refractivity contribution >= 4 is 17.5 Å². The normalized spacial score (nSPS) is 23.1. The summed E-state index contributed by atoms with van der Waals surface area (Å²) in [6, 6.07) is 9.62. The number of aromatic nitrogens is 1. The average Bonchev–Trinajstić information content (AvgIpc) is 2.86. The van der Waals surface area contributed by atoms with Gasteiger partial charge < -0.3 is 15.3 Å². The van der Waals surface area contributed by atoms with Crippen molar-refractivity contribution in [1.29, 1.82) is 0 Å². The first kappa shape index (κ1) is 25.8. The molecule has 2 amide bonds. The van der Waals surface area contributed by atoms with Crippen LogP contribution in [0.4, 0.5) is 5.69 Å². The zero-order valence-corrected chi connectivity index (χ0v) is 21.4. The number of amides is 2. The Hall–Kier alpha value is -3.24. The fourth-order valence-electron chi connectivity index (χ4n) is 5.22. The van der Waals surface area contributed by atoms with Gasteiger partial charge in [0.25, 0.3) is 6.04 Å². The van der Waals surface area contributed by atoms with Crippen LogP contribution in [0.25, 0.3) is 4.85 Å². The largest absolute Gasteiger partial charge is 0.385 e. The van der Waals surface area contributed by atoms with Gasteiger partial charge in [-0.1, -0.05) is 58.2 Å². The van der Waals surface area contributed by atoms with E-state index in [1.54, 1.807) is 18.5 Å². The second-order valence-corrected chi connectivity index (χ2v) is 11.1. The van der Waals surface area contributed by atoms with Gasteiger partial charge in [-0.25, -0.2) is 6.57 Å². The molecule has 36 heavy (non-hydrogen) atoms. The number of benzene rings is 1. The number of carbonyl (C=O) groups excluding carboxylic acids is 2. The lowest BCUT2D eigenvalue weighted by molar-refractivity contribution is -0.133. The Labute approximate surface area is 213 Å². The van der Waals surface area contributed by atoms with Crippen LogP contribution in [0.15, 0.2) is 48.8 Å². The number of nitrogens with zero attached hydrogens (tertiary/aromatic N) is 3. The maximum Gasteiger partial charge on any atom is 0.260 e.